The summed E-state index contributed by atoms with van der Waals surface area (Å²) in [7, 11) is 1.62. The molecule has 1 N–H and O–H groups in total. The molecule has 1 heterocycles. The van der Waals surface area contributed by atoms with Crippen molar-refractivity contribution in [1.29, 1.82) is 0 Å². The molecule has 2 aromatic carbocycles. The number of ether oxygens (including phenoxy) is 3. The highest BCUT2D eigenvalue weighted by Gasteiger charge is 2.23. The summed E-state index contributed by atoms with van der Waals surface area (Å²) in [6, 6.07) is 12.5. The van der Waals surface area contributed by atoms with Crippen molar-refractivity contribution in [3.8, 4) is 17.3 Å². The van der Waals surface area contributed by atoms with Gasteiger partial charge in [0.25, 0.3) is 0 Å². The van der Waals surface area contributed by atoms with Gasteiger partial charge in [0.1, 0.15) is 5.82 Å². The second-order valence-electron chi connectivity index (χ2n) is 9.11. The van der Waals surface area contributed by atoms with Crippen LogP contribution in [0.2, 0.25) is 0 Å². The maximum absolute atomic E-state index is 14.5. The van der Waals surface area contributed by atoms with Crippen LogP contribution >= 0.6 is 0 Å². The molecule has 0 amide bonds. The number of aryl methyl sites for hydroxylation is 1. The first-order valence-corrected chi connectivity index (χ1v) is 12.0. The van der Waals surface area contributed by atoms with Gasteiger partial charge in [-0.15, -0.1) is 0 Å². The highest BCUT2D eigenvalue weighted by molar-refractivity contribution is 5.43. The smallest absolute Gasteiger partial charge is 0.227 e. The third kappa shape index (κ3) is 7.83. The van der Waals surface area contributed by atoms with Crippen molar-refractivity contribution >= 4 is 0 Å². The number of nitrogens with zero attached hydrogens (tertiary/aromatic N) is 3. The lowest BCUT2D eigenvalue weighted by molar-refractivity contribution is 0.00323. The quantitative estimate of drug-likeness (QED) is 0.343. The second kappa shape index (κ2) is 13.5. The van der Waals surface area contributed by atoms with Crippen molar-refractivity contribution in [2.24, 2.45) is 5.92 Å². The molecule has 0 saturated heterocycles. The van der Waals surface area contributed by atoms with Crippen LogP contribution in [-0.2, 0) is 16.0 Å². The lowest BCUT2D eigenvalue weighted by Crippen LogP contribution is -2.37. The molecular formula is C27H35F2N3O4. The van der Waals surface area contributed by atoms with Crippen molar-refractivity contribution < 1.29 is 28.1 Å². The van der Waals surface area contributed by atoms with Crippen molar-refractivity contribution in [2.45, 2.75) is 33.4 Å². The summed E-state index contributed by atoms with van der Waals surface area (Å²) in [4.78, 5) is 2.01. The average molecular weight is 504 g/mol. The molecule has 0 bridgehead atoms. The number of aliphatic hydroxyl groups is 1. The Labute approximate surface area is 211 Å². The third-order valence-corrected chi connectivity index (χ3v) is 5.46. The van der Waals surface area contributed by atoms with Gasteiger partial charge in [-0.1, -0.05) is 32.0 Å². The molecule has 0 aliphatic rings. The molecule has 0 radical (unpaired) electrons. The molecular weight excluding hydrogens is 468 g/mol. The fourth-order valence-electron chi connectivity index (χ4n) is 3.70. The molecule has 0 saturated carbocycles. The number of methoxy groups -OCH3 is 1. The Bertz CT molecular complexity index is 1090. The summed E-state index contributed by atoms with van der Waals surface area (Å²) >= 11 is 0. The maximum atomic E-state index is 14.5. The first kappa shape index (κ1) is 27.7. The number of rotatable bonds is 14. The van der Waals surface area contributed by atoms with Crippen LogP contribution in [-0.4, -0.2) is 65.9 Å². The third-order valence-electron chi connectivity index (χ3n) is 5.46. The van der Waals surface area contributed by atoms with Crippen molar-refractivity contribution in [2.75, 3.05) is 40.0 Å². The SMILES string of the molecule is COCCN(Cc1c(C)nn(-c2ccccc2)c1Oc1ccc(F)cc1F)C[C@@H](O)COCC(C)C. The molecule has 0 aliphatic heterocycles. The standard InChI is InChI=1S/C27H35F2N3O4/c1-19(2)17-35-18-23(33)15-31(12-13-34-4)16-24-20(3)30-32(22-8-6-5-7-9-22)27(24)36-26-11-10-21(28)14-25(26)29/h5-11,14,19,23,33H,12-13,15-18H2,1-4H3/t23-/m1/s1. The van der Waals surface area contributed by atoms with Gasteiger partial charge in [-0.05, 0) is 37.1 Å². The van der Waals surface area contributed by atoms with Gasteiger partial charge < -0.3 is 19.3 Å². The molecule has 3 aromatic rings. The molecule has 9 heteroatoms. The number of hydrogen-bond donors (Lipinski definition) is 1. The van der Waals surface area contributed by atoms with Crippen LogP contribution in [0.4, 0.5) is 8.78 Å². The molecule has 36 heavy (non-hydrogen) atoms. The summed E-state index contributed by atoms with van der Waals surface area (Å²) < 4.78 is 46.5. The van der Waals surface area contributed by atoms with Gasteiger partial charge in [-0.25, -0.2) is 13.5 Å². The van der Waals surface area contributed by atoms with Crippen molar-refractivity contribution in [1.82, 2.24) is 14.7 Å². The number of hydrogen-bond acceptors (Lipinski definition) is 6. The minimum absolute atomic E-state index is 0.111. The lowest BCUT2D eigenvalue weighted by atomic mass is 10.2. The van der Waals surface area contributed by atoms with Crippen LogP contribution in [0.25, 0.3) is 5.69 Å². The monoisotopic (exact) mass is 503 g/mol. The second-order valence-corrected chi connectivity index (χ2v) is 9.11. The maximum Gasteiger partial charge on any atom is 0.227 e. The summed E-state index contributed by atoms with van der Waals surface area (Å²) in [5, 5.41) is 15.2. The Balaban J connectivity index is 1.92. The Kier molecular flexibility index (Phi) is 10.4. The fourth-order valence-corrected chi connectivity index (χ4v) is 3.70. The number of aliphatic hydroxyl groups excluding tert-OH is 1. The largest absolute Gasteiger partial charge is 0.435 e. The first-order valence-electron chi connectivity index (χ1n) is 12.0. The van der Waals surface area contributed by atoms with Crippen LogP contribution in [0.3, 0.4) is 0 Å². The number of aromatic nitrogens is 2. The van der Waals surface area contributed by atoms with E-state index in [1.807, 2.05) is 42.2 Å². The van der Waals surface area contributed by atoms with E-state index in [4.69, 9.17) is 14.2 Å². The zero-order valence-electron chi connectivity index (χ0n) is 21.3. The van der Waals surface area contributed by atoms with E-state index in [2.05, 4.69) is 18.9 Å². The van der Waals surface area contributed by atoms with Gasteiger partial charge in [0.2, 0.25) is 5.88 Å². The number of para-hydroxylation sites is 1. The van der Waals surface area contributed by atoms with Gasteiger partial charge in [-0.2, -0.15) is 5.10 Å². The molecule has 196 valence electrons. The van der Waals surface area contributed by atoms with Gasteiger partial charge in [0.05, 0.1) is 36.3 Å². The van der Waals surface area contributed by atoms with Gasteiger partial charge in [-0.3, -0.25) is 4.90 Å². The zero-order chi connectivity index (χ0) is 26.1. The van der Waals surface area contributed by atoms with E-state index in [-0.39, 0.29) is 12.4 Å². The van der Waals surface area contributed by atoms with E-state index in [1.165, 1.54) is 6.07 Å². The van der Waals surface area contributed by atoms with Crippen LogP contribution in [0.5, 0.6) is 11.6 Å². The molecule has 3 rings (SSSR count). The number of halogens is 2. The van der Waals surface area contributed by atoms with Gasteiger partial charge >= 0.3 is 0 Å². The molecule has 7 nitrogen and oxygen atoms in total. The topological polar surface area (TPSA) is 69.0 Å². The normalized spacial score (nSPS) is 12.5. The predicted molar refractivity (Wildman–Crippen MR) is 134 cm³/mol. The predicted octanol–water partition coefficient (Wildman–Crippen LogP) is 4.73. The summed E-state index contributed by atoms with van der Waals surface area (Å²) in [5.74, 6) is -0.919. The number of benzene rings is 2. The molecule has 0 aliphatic carbocycles. The zero-order valence-corrected chi connectivity index (χ0v) is 21.3. The Morgan fingerprint density at radius 1 is 1.08 bits per heavy atom. The molecule has 1 atom stereocenters. The Morgan fingerprint density at radius 2 is 1.83 bits per heavy atom. The van der Waals surface area contributed by atoms with Crippen molar-refractivity contribution in [3.63, 3.8) is 0 Å². The summed E-state index contributed by atoms with van der Waals surface area (Å²) in [5.41, 5.74) is 2.13. The van der Waals surface area contributed by atoms with E-state index in [0.717, 1.165) is 17.8 Å². The van der Waals surface area contributed by atoms with E-state index < -0.39 is 17.7 Å². The lowest BCUT2D eigenvalue weighted by Gasteiger charge is -2.25. The van der Waals surface area contributed by atoms with Crippen LogP contribution in [0.15, 0.2) is 48.5 Å². The minimum atomic E-state index is -0.812. The van der Waals surface area contributed by atoms with E-state index in [9.17, 15) is 13.9 Å². The molecule has 0 fully saturated rings. The molecule has 0 unspecified atom stereocenters. The van der Waals surface area contributed by atoms with Gasteiger partial charge in [0, 0.05) is 39.4 Å². The average Bonchev–Trinajstić information content (AvgIpc) is 3.14. The fraction of sp³-hybridized carbons (Fsp3) is 0.444. The molecule has 1 aromatic heterocycles. The summed E-state index contributed by atoms with van der Waals surface area (Å²) in [6.45, 7) is 8.42. The highest BCUT2D eigenvalue weighted by Crippen LogP contribution is 2.33. The van der Waals surface area contributed by atoms with E-state index in [1.54, 1.807) is 11.8 Å². The Morgan fingerprint density at radius 3 is 2.50 bits per heavy atom. The van der Waals surface area contributed by atoms with Crippen LogP contribution in [0, 0.1) is 24.5 Å². The van der Waals surface area contributed by atoms with Crippen molar-refractivity contribution in [3.05, 3.63) is 71.4 Å². The Hall–Kier alpha value is -2.85. The van der Waals surface area contributed by atoms with Crippen LogP contribution < -0.4 is 4.74 Å². The van der Waals surface area contributed by atoms with E-state index >= 15 is 0 Å². The van der Waals surface area contributed by atoms with E-state index in [0.29, 0.717) is 55.9 Å². The highest BCUT2D eigenvalue weighted by atomic mass is 19.1. The first-order chi connectivity index (χ1) is 17.3. The van der Waals surface area contributed by atoms with Crippen LogP contribution in [0.1, 0.15) is 25.1 Å². The van der Waals surface area contributed by atoms with Gasteiger partial charge in [0.15, 0.2) is 11.6 Å². The molecule has 0 spiro atoms. The minimum Gasteiger partial charge on any atom is -0.435 e. The summed E-state index contributed by atoms with van der Waals surface area (Å²) in [6.07, 6.45) is -0.705.